The molecule has 0 saturated heterocycles. The standard InChI is InChI=1S/C13H25N3/c1-2-3-4-5-6-7-8-10-16-11-9-15-13(16)12-14/h9,11H,2-8,10,12,14H2,1H3. The smallest absolute Gasteiger partial charge is 0.122 e. The lowest BCUT2D eigenvalue weighted by Gasteiger charge is -2.06. The molecule has 3 nitrogen and oxygen atoms in total. The van der Waals surface area contributed by atoms with Crippen molar-refractivity contribution in [1.82, 2.24) is 9.55 Å². The van der Waals surface area contributed by atoms with Crippen LogP contribution >= 0.6 is 0 Å². The van der Waals surface area contributed by atoms with Crippen LogP contribution in [0.2, 0.25) is 0 Å². The predicted molar refractivity (Wildman–Crippen MR) is 68.1 cm³/mol. The van der Waals surface area contributed by atoms with E-state index in [0.29, 0.717) is 6.54 Å². The number of unbranched alkanes of at least 4 members (excludes halogenated alkanes) is 6. The third-order valence-electron chi connectivity index (χ3n) is 2.99. The lowest BCUT2D eigenvalue weighted by Crippen LogP contribution is -2.08. The van der Waals surface area contributed by atoms with Crippen LogP contribution in [0.5, 0.6) is 0 Å². The minimum absolute atomic E-state index is 0.545. The summed E-state index contributed by atoms with van der Waals surface area (Å²) in [6.07, 6.45) is 13.3. The molecule has 1 heterocycles. The third-order valence-corrected chi connectivity index (χ3v) is 2.99. The minimum atomic E-state index is 0.545. The van der Waals surface area contributed by atoms with Crippen LogP contribution in [0, 0.1) is 0 Å². The lowest BCUT2D eigenvalue weighted by molar-refractivity contribution is 0.540. The number of nitrogens with zero attached hydrogens (tertiary/aromatic N) is 2. The van der Waals surface area contributed by atoms with Crippen LogP contribution in [0.3, 0.4) is 0 Å². The molecule has 0 aromatic carbocycles. The molecule has 1 aromatic rings. The summed E-state index contributed by atoms with van der Waals surface area (Å²) < 4.78 is 2.17. The van der Waals surface area contributed by atoms with Gasteiger partial charge in [-0.2, -0.15) is 0 Å². The van der Waals surface area contributed by atoms with E-state index in [1.165, 1.54) is 44.9 Å². The van der Waals surface area contributed by atoms with Crippen LogP contribution in [0.4, 0.5) is 0 Å². The minimum Gasteiger partial charge on any atom is -0.334 e. The molecule has 0 aliphatic rings. The second-order valence-electron chi connectivity index (χ2n) is 4.36. The van der Waals surface area contributed by atoms with Gasteiger partial charge in [0.15, 0.2) is 0 Å². The van der Waals surface area contributed by atoms with Gasteiger partial charge in [-0.25, -0.2) is 4.98 Å². The number of hydrogen-bond acceptors (Lipinski definition) is 2. The summed E-state index contributed by atoms with van der Waals surface area (Å²) in [6.45, 7) is 3.87. The molecule has 0 unspecified atom stereocenters. The Morgan fingerprint density at radius 3 is 2.50 bits per heavy atom. The summed E-state index contributed by atoms with van der Waals surface area (Å²) in [5.41, 5.74) is 5.60. The van der Waals surface area contributed by atoms with Crippen molar-refractivity contribution in [2.75, 3.05) is 0 Å². The van der Waals surface area contributed by atoms with Crippen LogP contribution in [0.15, 0.2) is 12.4 Å². The summed E-state index contributed by atoms with van der Waals surface area (Å²) in [5, 5.41) is 0. The number of aromatic nitrogens is 2. The van der Waals surface area contributed by atoms with E-state index in [2.05, 4.69) is 16.5 Å². The molecule has 0 aliphatic heterocycles. The maximum absolute atomic E-state index is 5.60. The number of nitrogens with two attached hydrogens (primary N) is 1. The Labute approximate surface area is 99.1 Å². The predicted octanol–water partition coefficient (Wildman–Crippen LogP) is 3.09. The van der Waals surface area contributed by atoms with Crippen molar-refractivity contribution < 1.29 is 0 Å². The Kier molecular flexibility index (Phi) is 6.90. The van der Waals surface area contributed by atoms with Crippen LogP contribution in [-0.2, 0) is 13.1 Å². The van der Waals surface area contributed by atoms with Crippen molar-refractivity contribution >= 4 is 0 Å². The fourth-order valence-corrected chi connectivity index (χ4v) is 1.97. The molecule has 0 amide bonds. The van der Waals surface area contributed by atoms with E-state index in [9.17, 15) is 0 Å². The quantitative estimate of drug-likeness (QED) is 0.654. The highest BCUT2D eigenvalue weighted by Crippen LogP contribution is 2.08. The molecule has 1 rings (SSSR count). The molecular formula is C13H25N3. The van der Waals surface area contributed by atoms with Gasteiger partial charge in [0.05, 0.1) is 6.54 Å². The fourth-order valence-electron chi connectivity index (χ4n) is 1.97. The Balaban J connectivity index is 2.03. The molecule has 0 bridgehead atoms. The van der Waals surface area contributed by atoms with Crippen molar-refractivity contribution in [3.05, 3.63) is 18.2 Å². The number of aryl methyl sites for hydroxylation is 1. The molecule has 0 saturated carbocycles. The highest BCUT2D eigenvalue weighted by molar-refractivity contribution is 4.90. The molecule has 0 fully saturated rings. The summed E-state index contributed by atoms with van der Waals surface area (Å²) in [6, 6.07) is 0. The first-order valence-electron chi connectivity index (χ1n) is 6.58. The molecular weight excluding hydrogens is 198 g/mol. The van der Waals surface area contributed by atoms with Crippen molar-refractivity contribution in [3.8, 4) is 0 Å². The van der Waals surface area contributed by atoms with Gasteiger partial charge in [-0.3, -0.25) is 0 Å². The Bertz CT molecular complexity index is 268. The van der Waals surface area contributed by atoms with Crippen LogP contribution < -0.4 is 5.73 Å². The Morgan fingerprint density at radius 2 is 1.81 bits per heavy atom. The van der Waals surface area contributed by atoms with E-state index in [0.717, 1.165) is 12.4 Å². The highest BCUT2D eigenvalue weighted by atomic mass is 15.1. The van der Waals surface area contributed by atoms with Crippen LogP contribution in [0.25, 0.3) is 0 Å². The number of rotatable bonds is 9. The van der Waals surface area contributed by atoms with Gasteiger partial charge in [0.25, 0.3) is 0 Å². The van der Waals surface area contributed by atoms with Gasteiger partial charge in [0.2, 0.25) is 0 Å². The molecule has 92 valence electrons. The molecule has 0 atom stereocenters. The summed E-state index contributed by atoms with van der Waals surface area (Å²) in [7, 11) is 0. The van der Waals surface area contributed by atoms with E-state index in [4.69, 9.17) is 5.73 Å². The SMILES string of the molecule is CCCCCCCCCn1ccnc1CN. The van der Waals surface area contributed by atoms with Crippen molar-refractivity contribution in [2.24, 2.45) is 5.73 Å². The maximum Gasteiger partial charge on any atom is 0.122 e. The first kappa shape index (κ1) is 13.2. The van der Waals surface area contributed by atoms with E-state index in [1.807, 2.05) is 12.4 Å². The van der Waals surface area contributed by atoms with Crippen molar-refractivity contribution in [1.29, 1.82) is 0 Å². The first-order chi connectivity index (χ1) is 7.88. The third kappa shape index (κ3) is 4.79. The van der Waals surface area contributed by atoms with E-state index in [-0.39, 0.29) is 0 Å². The number of imidazole rings is 1. The zero-order chi connectivity index (χ0) is 11.6. The van der Waals surface area contributed by atoms with Gasteiger partial charge in [0, 0.05) is 18.9 Å². The average molecular weight is 223 g/mol. The van der Waals surface area contributed by atoms with Crippen LogP contribution in [0.1, 0.15) is 57.7 Å². The highest BCUT2D eigenvalue weighted by Gasteiger charge is 1.99. The molecule has 2 N–H and O–H groups in total. The van der Waals surface area contributed by atoms with Gasteiger partial charge in [-0.05, 0) is 6.42 Å². The van der Waals surface area contributed by atoms with Gasteiger partial charge in [0.1, 0.15) is 5.82 Å². The number of hydrogen-bond donors (Lipinski definition) is 1. The van der Waals surface area contributed by atoms with E-state index < -0.39 is 0 Å². The van der Waals surface area contributed by atoms with Gasteiger partial charge in [-0.1, -0.05) is 45.4 Å². The fraction of sp³-hybridized carbons (Fsp3) is 0.769. The van der Waals surface area contributed by atoms with Crippen molar-refractivity contribution in [3.63, 3.8) is 0 Å². The zero-order valence-electron chi connectivity index (χ0n) is 10.5. The first-order valence-corrected chi connectivity index (χ1v) is 6.58. The molecule has 0 aliphatic carbocycles. The van der Waals surface area contributed by atoms with E-state index >= 15 is 0 Å². The molecule has 3 heteroatoms. The molecule has 1 aromatic heterocycles. The average Bonchev–Trinajstić information content (AvgIpc) is 2.75. The lowest BCUT2D eigenvalue weighted by atomic mass is 10.1. The summed E-state index contributed by atoms with van der Waals surface area (Å²) in [5.74, 6) is 1.01. The summed E-state index contributed by atoms with van der Waals surface area (Å²) >= 11 is 0. The summed E-state index contributed by atoms with van der Waals surface area (Å²) in [4.78, 5) is 4.21. The van der Waals surface area contributed by atoms with Gasteiger partial charge < -0.3 is 10.3 Å². The van der Waals surface area contributed by atoms with Crippen LogP contribution in [-0.4, -0.2) is 9.55 Å². The molecule has 16 heavy (non-hydrogen) atoms. The monoisotopic (exact) mass is 223 g/mol. The topological polar surface area (TPSA) is 43.8 Å². The van der Waals surface area contributed by atoms with Crippen molar-refractivity contribution in [2.45, 2.75) is 65.0 Å². The van der Waals surface area contributed by atoms with Gasteiger partial charge >= 0.3 is 0 Å². The van der Waals surface area contributed by atoms with Gasteiger partial charge in [-0.15, -0.1) is 0 Å². The largest absolute Gasteiger partial charge is 0.334 e. The Morgan fingerprint density at radius 1 is 1.12 bits per heavy atom. The second-order valence-corrected chi connectivity index (χ2v) is 4.36. The molecule has 0 spiro atoms. The van der Waals surface area contributed by atoms with E-state index in [1.54, 1.807) is 0 Å². The second kappa shape index (κ2) is 8.34. The maximum atomic E-state index is 5.60. The molecule has 0 radical (unpaired) electrons. The normalized spacial score (nSPS) is 10.9. The Hall–Kier alpha value is -0.830. The zero-order valence-corrected chi connectivity index (χ0v) is 10.5.